The molecule has 1 aromatic heterocycles. The van der Waals surface area contributed by atoms with Crippen LogP contribution in [0.1, 0.15) is 5.82 Å². The van der Waals surface area contributed by atoms with Gasteiger partial charge in [0, 0.05) is 19.7 Å². The molecule has 1 heterocycles. The van der Waals surface area contributed by atoms with E-state index in [1.165, 1.54) is 12.1 Å². The highest BCUT2D eigenvalue weighted by molar-refractivity contribution is 6.16. The maximum absolute atomic E-state index is 13.2. The Morgan fingerprint density at radius 2 is 2.35 bits per heavy atom. The van der Waals surface area contributed by atoms with Crippen molar-refractivity contribution in [3.8, 4) is 0 Å². The fraction of sp³-hybridized carbons (Fsp3) is 0.385. The van der Waals surface area contributed by atoms with Gasteiger partial charge in [0.1, 0.15) is 18.2 Å². The van der Waals surface area contributed by atoms with Crippen molar-refractivity contribution in [3.63, 3.8) is 0 Å². The summed E-state index contributed by atoms with van der Waals surface area (Å²) >= 11 is 5.82. The number of nitrogens with one attached hydrogen (secondary N) is 1. The average Bonchev–Trinajstić information content (AvgIpc) is 2.76. The van der Waals surface area contributed by atoms with Gasteiger partial charge in [-0.25, -0.2) is 9.37 Å². The molecule has 0 bridgehead atoms. The first kappa shape index (κ1) is 14.7. The topological polar surface area (TPSA) is 56.1 Å². The first-order valence-electron chi connectivity index (χ1n) is 6.12. The Kier molecular flexibility index (Phi) is 4.92. The largest absolute Gasteiger partial charge is 0.383 e. The minimum absolute atomic E-state index is 0.0912. The monoisotopic (exact) mass is 299 g/mol. The summed E-state index contributed by atoms with van der Waals surface area (Å²) in [7, 11) is 1.57. The lowest BCUT2D eigenvalue weighted by molar-refractivity contribution is -0.121. The van der Waals surface area contributed by atoms with Crippen molar-refractivity contribution >= 4 is 28.5 Å². The Morgan fingerprint density at radius 1 is 1.55 bits per heavy atom. The van der Waals surface area contributed by atoms with Gasteiger partial charge in [0.15, 0.2) is 0 Å². The van der Waals surface area contributed by atoms with E-state index in [-0.39, 0.29) is 24.1 Å². The number of imidazole rings is 1. The van der Waals surface area contributed by atoms with Crippen molar-refractivity contribution in [3.05, 3.63) is 29.8 Å². The number of aromatic nitrogens is 2. The van der Waals surface area contributed by atoms with E-state index in [1.54, 1.807) is 17.7 Å². The molecule has 1 aromatic carbocycles. The Hall–Kier alpha value is -1.66. The summed E-state index contributed by atoms with van der Waals surface area (Å²) in [6.07, 6.45) is 0. The number of ether oxygens (including phenoxy) is 1. The molecule has 5 nitrogen and oxygen atoms in total. The molecule has 0 saturated carbocycles. The summed E-state index contributed by atoms with van der Waals surface area (Å²) in [6.45, 7) is 0.977. The third-order valence-corrected chi connectivity index (χ3v) is 3.08. The highest BCUT2D eigenvalue weighted by atomic mass is 35.5. The lowest BCUT2D eigenvalue weighted by Gasteiger charge is -2.08. The number of rotatable bonds is 6. The molecule has 2 aromatic rings. The number of fused-ring (bicyclic) bond motifs is 1. The van der Waals surface area contributed by atoms with Gasteiger partial charge in [-0.1, -0.05) is 0 Å². The van der Waals surface area contributed by atoms with E-state index < -0.39 is 0 Å². The molecular weight excluding hydrogens is 285 g/mol. The molecular formula is C13H15ClFN3O2. The van der Waals surface area contributed by atoms with Gasteiger partial charge in [0.25, 0.3) is 0 Å². The molecule has 1 N–H and O–H groups in total. The van der Waals surface area contributed by atoms with Crippen molar-refractivity contribution in [1.82, 2.24) is 14.9 Å². The van der Waals surface area contributed by atoms with Crippen LogP contribution in [0, 0.1) is 5.82 Å². The summed E-state index contributed by atoms with van der Waals surface area (Å²) < 4.78 is 19.7. The van der Waals surface area contributed by atoms with Gasteiger partial charge in [-0.2, -0.15) is 0 Å². The second-order valence-corrected chi connectivity index (χ2v) is 4.49. The first-order chi connectivity index (χ1) is 9.65. The molecule has 0 radical (unpaired) electrons. The molecule has 1 amide bonds. The Labute approximate surface area is 120 Å². The molecule has 7 heteroatoms. The average molecular weight is 300 g/mol. The SMILES string of the molecule is COCCNC(=O)Cn1c(CCl)nc2cc(F)ccc21. The zero-order valence-corrected chi connectivity index (χ0v) is 11.8. The first-order valence-corrected chi connectivity index (χ1v) is 6.65. The van der Waals surface area contributed by atoms with Gasteiger partial charge < -0.3 is 14.6 Å². The Balaban J connectivity index is 2.21. The molecule has 0 unspecified atom stereocenters. The number of halogens is 2. The second-order valence-electron chi connectivity index (χ2n) is 4.22. The van der Waals surface area contributed by atoms with Gasteiger partial charge in [-0.15, -0.1) is 11.6 Å². The third-order valence-electron chi connectivity index (χ3n) is 2.84. The molecule has 0 aliphatic carbocycles. The quantitative estimate of drug-likeness (QED) is 0.652. The molecule has 0 atom stereocenters. The van der Waals surface area contributed by atoms with E-state index in [1.807, 2.05) is 0 Å². The van der Waals surface area contributed by atoms with Crippen LogP contribution >= 0.6 is 11.6 Å². The van der Waals surface area contributed by atoms with E-state index in [0.29, 0.717) is 30.0 Å². The van der Waals surface area contributed by atoms with Crippen LogP contribution in [-0.2, 0) is 22.0 Å². The van der Waals surface area contributed by atoms with Crippen LogP contribution in [0.3, 0.4) is 0 Å². The summed E-state index contributed by atoms with van der Waals surface area (Å²) in [6, 6.07) is 4.25. The molecule has 2 rings (SSSR count). The van der Waals surface area contributed by atoms with Crippen LogP contribution in [0.2, 0.25) is 0 Å². The molecule has 0 fully saturated rings. The number of hydrogen-bond acceptors (Lipinski definition) is 3. The maximum Gasteiger partial charge on any atom is 0.240 e. The van der Waals surface area contributed by atoms with Crippen molar-refractivity contribution in [2.24, 2.45) is 0 Å². The smallest absolute Gasteiger partial charge is 0.240 e. The van der Waals surface area contributed by atoms with Crippen molar-refractivity contribution < 1.29 is 13.9 Å². The molecule has 0 aliphatic heterocycles. The lowest BCUT2D eigenvalue weighted by Crippen LogP contribution is -2.30. The molecule has 108 valence electrons. The van der Waals surface area contributed by atoms with Crippen LogP contribution < -0.4 is 5.32 Å². The summed E-state index contributed by atoms with van der Waals surface area (Å²) in [5.74, 6) is 0.154. The number of hydrogen-bond donors (Lipinski definition) is 1. The van der Waals surface area contributed by atoms with Gasteiger partial charge >= 0.3 is 0 Å². The van der Waals surface area contributed by atoms with E-state index >= 15 is 0 Å². The van der Waals surface area contributed by atoms with Gasteiger partial charge in [0.2, 0.25) is 5.91 Å². The Morgan fingerprint density at radius 3 is 3.05 bits per heavy atom. The second kappa shape index (κ2) is 6.67. The fourth-order valence-electron chi connectivity index (χ4n) is 1.92. The van der Waals surface area contributed by atoms with Crippen LogP contribution in [0.4, 0.5) is 4.39 Å². The normalized spacial score (nSPS) is 10.9. The van der Waals surface area contributed by atoms with Crippen LogP contribution in [0.25, 0.3) is 11.0 Å². The van der Waals surface area contributed by atoms with Gasteiger partial charge in [-0.05, 0) is 12.1 Å². The maximum atomic E-state index is 13.2. The Bertz CT molecular complexity index is 615. The van der Waals surface area contributed by atoms with Crippen LogP contribution in [0.5, 0.6) is 0 Å². The van der Waals surface area contributed by atoms with Crippen molar-refractivity contribution in [2.45, 2.75) is 12.4 Å². The molecule has 0 aliphatic rings. The van der Waals surface area contributed by atoms with Crippen molar-refractivity contribution in [2.75, 3.05) is 20.3 Å². The summed E-state index contributed by atoms with van der Waals surface area (Å²) in [5.41, 5.74) is 1.18. The third kappa shape index (κ3) is 3.26. The van der Waals surface area contributed by atoms with E-state index in [2.05, 4.69) is 10.3 Å². The number of amides is 1. The number of alkyl halides is 1. The standard InChI is InChI=1S/C13H15ClFN3O2/c1-20-5-4-16-13(19)8-18-11-3-2-9(15)6-10(11)17-12(18)7-14/h2-3,6H,4-5,7-8H2,1H3,(H,16,19). The van der Waals surface area contributed by atoms with Gasteiger partial charge in [0.05, 0.1) is 23.5 Å². The summed E-state index contributed by atoms with van der Waals surface area (Å²) in [4.78, 5) is 16.1. The highest BCUT2D eigenvalue weighted by Crippen LogP contribution is 2.18. The van der Waals surface area contributed by atoms with Crippen molar-refractivity contribution in [1.29, 1.82) is 0 Å². The van der Waals surface area contributed by atoms with Crippen LogP contribution in [0.15, 0.2) is 18.2 Å². The predicted octanol–water partition coefficient (Wildman–Crippen LogP) is 1.68. The fourth-order valence-corrected chi connectivity index (χ4v) is 2.13. The minimum atomic E-state index is -0.368. The van der Waals surface area contributed by atoms with Gasteiger partial charge in [-0.3, -0.25) is 4.79 Å². The summed E-state index contributed by atoms with van der Waals surface area (Å²) in [5, 5.41) is 2.72. The highest BCUT2D eigenvalue weighted by Gasteiger charge is 2.13. The number of benzene rings is 1. The van der Waals surface area contributed by atoms with E-state index in [9.17, 15) is 9.18 Å². The van der Waals surface area contributed by atoms with E-state index in [0.717, 1.165) is 0 Å². The molecule has 0 spiro atoms. The predicted molar refractivity (Wildman–Crippen MR) is 74.1 cm³/mol. The number of methoxy groups -OCH3 is 1. The minimum Gasteiger partial charge on any atom is -0.383 e. The lowest BCUT2D eigenvalue weighted by atomic mass is 10.3. The number of carbonyl (C=O) groups excluding carboxylic acids is 1. The van der Waals surface area contributed by atoms with Crippen LogP contribution in [-0.4, -0.2) is 35.7 Å². The zero-order valence-electron chi connectivity index (χ0n) is 11.0. The molecule has 20 heavy (non-hydrogen) atoms. The number of carbonyl (C=O) groups is 1. The number of nitrogens with zero attached hydrogens (tertiary/aromatic N) is 2. The molecule has 0 saturated heterocycles. The zero-order chi connectivity index (χ0) is 14.5. The van der Waals surface area contributed by atoms with E-state index in [4.69, 9.17) is 16.3 Å².